The fourth-order valence-corrected chi connectivity index (χ4v) is 3.54. The van der Waals surface area contributed by atoms with E-state index in [0.717, 1.165) is 16.4 Å². The summed E-state index contributed by atoms with van der Waals surface area (Å²) in [6, 6.07) is 7.54. The van der Waals surface area contributed by atoms with Gasteiger partial charge in [-0.2, -0.15) is 0 Å². The van der Waals surface area contributed by atoms with Gasteiger partial charge in [0.05, 0.1) is 18.2 Å². The smallest absolute Gasteiger partial charge is 0.251 e. The van der Waals surface area contributed by atoms with Gasteiger partial charge in [0.25, 0.3) is 5.91 Å². The first-order chi connectivity index (χ1) is 10.1. The van der Waals surface area contributed by atoms with Gasteiger partial charge in [-0.1, -0.05) is 19.3 Å². The van der Waals surface area contributed by atoms with Crippen LogP contribution in [0.1, 0.15) is 38.5 Å². The van der Waals surface area contributed by atoms with Crippen molar-refractivity contribution in [1.82, 2.24) is 5.32 Å². The normalized spacial score (nSPS) is 23.9. The summed E-state index contributed by atoms with van der Waals surface area (Å²) in [5.74, 6) is -0.207. The Hall–Kier alpha value is -0.950. The number of hydrogen-bond acceptors (Lipinski definition) is 3. The molecule has 1 saturated heterocycles. The highest BCUT2D eigenvalue weighted by Crippen LogP contribution is 2.25. The van der Waals surface area contributed by atoms with Crippen LogP contribution in [0.2, 0.25) is 0 Å². The zero-order valence-electron chi connectivity index (χ0n) is 11.8. The van der Waals surface area contributed by atoms with Crippen molar-refractivity contribution in [1.29, 1.82) is 0 Å². The third-order valence-corrected chi connectivity index (χ3v) is 4.99. The summed E-state index contributed by atoms with van der Waals surface area (Å²) in [6.07, 6.45) is 6.22. The van der Waals surface area contributed by atoms with E-state index in [-0.39, 0.29) is 24.3 Å². The molecule has 1 atom stereocenters. The maximum Gasteiger partial charge on any atom is 0.251 e. The lowest BCUT2D eigenvalue weighted by Gasteiger charge is -2.25. The number of nitrogens with one attached hydrogen (secondary N) is 1. The first-order valence-electron chi connectivity index (χ1n) is 7.53. The molecule has 1 N–H and O–H groups in total. The van der Waals surface area contributed by atoms with Gasteiger partial charge in [0.2, 0.25) is 5.91 Å². The zero-order valence-corrected chi connectivity index (χ0v) is 14.0. The van der Waals surface area contributed by atoms with Crippen LogP contribution in [0.15, 0.2) is 24.3 Å². The second kappa shape index (κ2) is 6.44. The second-order valence-corrected chi connectivity index (χ2v) is 7.05. The highest BCUT2D eigenvalue weighted by Gasteiger charge is 2.40. The van der Waals surface area contributed by atoms with Crippen LogP contribution in [0, 0.1) is 3.57 Å². The van der Waals surface area contributed by atoms with E-state index >= 15 is 0 Å². The Morgan fingerprint density at radius 1 is 1.05 bits per heavy atom. The summed E-state index contributed by atoms with van der Waals surface area (Å²) in [5.41, 5.74) is 0.679. The first-order valence-corrected chi connectivity index (χ1v) is 8.61. The number of carbonyl (C=O) groups is 2. The van der Waals surface area contributed by atoms with E-state index in [2.05, 4.69) is 27.9 Å². The third-order valence-electron chi connectivity index (χ3n) is 4.27. The van der Waals surface area contributed by atoms with Gasteiger partial charge in [0, 0.05) is 9.61 Å². The number of anilines is 1. The fraction of sp³-hybridized carbons (Fsp3) is 0.500. The number of halogens is 1. The predicted molar refractivity (Wildman–Crippen MR) is 90.1 cm³/mol. The largest absolute Gasteiger partial charge is 0.303 e. The maximum atomic E-state index is 12.5. The quantitative estimate of drug-likeness (QED) is 0.630. The molecule has 4 nitrogen and oxygen atoms in total. The molecule has 5 heteroatoms. The Balaban J connectivity index is 1.71. The van der Waals surface area contributed by atoms with Crippen molar-refractivity contribution in [2.45, 2.75) is 50.6 Å². The number of hydrogen-bond donors (Lipinski definition) is 1. The zero-order chi connectivity index (χ0) is 14.8. The molecule has 1 aliphatic heterocycles. The van der Waals surface area contributed by atoms with Crippen LogP contribution in [0.25, 0.3) is 0 Å². The third kappa shape index (κ3) is 3.29. The number of benzene rings is 1. The predicted octanol–water partition coefficient (Wildman–Crippen LogP) is 2.85. The van der Waals surface area contributed by atoms with Gasteiger partial charge in [0.15, 0.2) is 0 Å². The molecule has 2 amide bonds. The van der Waals surface area contributed by atoms with Crippen LogP contribution >= 0.6 is 22.6 Å². The van der Waals surface area contributed by atoms with Crippen LogP contribution in [-0.4, -0.2) is 23.9 Å². The van der Waals surface area contributed by atoms with E-state index in [0.29, 0.717) is 11.7 Å². The molecule has 0 radical (unpaired) electrons. The number of carbonyl (C=O) groups excluding carboxylic acids is 2. The number of imide groups is 1. The summed E-state index contributed by atoms with van der Waals surface area (Å²) in [5, 5.41) is 3.40. The van der Waals surface area contributed by atoms with Crippen LogP contribution in [0.3, 0.4) is 0 Å². The van der Waals surface area contributed by atoms with Gasteiger partial charge in [0.1, 0.15) is 0 Å². The van der Waals surface area contributed by atoms with Crippen LogP contribution < -0.4 is 10.2 Å². The van der Waals surface area contributed by atoms with Crippen molar-refractivity contribution in [2.24, 2.45) is 0 Å². The summed E-state index contributed by atoms with van der Waals surface area (Å²) in [4.78, 5) is 26.0. The first kappa shape index (κ1) is 15.0. The molecule has 1 heterocycles. The van der Waals surface area contributed by atoms with Gasteiger partial charge in [-0.05, 0) is 59.7 Å². The Bertz CT molecular complexity index is 538. The lowest BCUT2D eigenvalue weighted by atomic mass is 9.95. The molecule has 2 aliphatic rings. The highest BCUT2D eigenvalue weighted by molar-refractivity contribution is 14.1. The molecular formula is C16H19IN2O2. The minimum absolute atomic E-state index is 0.102. The Kier molecular flexibility index (Phi) is 4.59. The van der Waals surface area contributed by atoms with Gasteiger partial charge < -0.3 is 5.32 Å². The highest BCUT2D eigenvalue weighted by atomic mass is 127. The van der Waals surface area contributed by atoms with Crippen molar-refractivity contribution < 1.29 is 9.59 Å². The minimum atomic E-state index is -0.347. The fourth-order valence-electron chi connectivity index (χ4n) is 3.18. The van der Waals surface area contributed by atoms with Crippen LogP contribution in [0.4, 0.5) is 5.69 Å². The second-order valence-electron chi connectivity index (χ2n) is 5.80. The van der Waals surface area contributed by atoms with Gasteiger partial charge in [-0.25, -0.2) is 4.90 Å². The van der Waals surface area contributed by atoms with E-state index in [1.165, 1.54) is 24.2 Å². The topological polar surface area (TPSA) is 49.4 Å². The molecule has 21 heavy (non-hydrogen) atoms. The van der Waals surface area contributed by atoms with Gasteiger partial charge in [-0.3, -0.25) is 9.59 Å². The van der Waals surface area contributed by atoms with E-state index in [1.807, 2.05) is 24.3 Å². The number of nitrogens with zero attached hydrogens (tertiary/aromatic N) is 1. The van der Waals surface area contributed by atoms with E-state index in [4.69, 9.17) is 0 Å². The molecule has 2 fully saturated rings. The Morgan fingerprint density at radius 3 is 2.38 bits per heavy atom. The lowest BCUT2D eigenvalue weighted by molar-refractivity contribution is -0.121. The average molecular weight is 398 g/mol. The van der Waals surface area contributed by atoms with Crippen molar-refractivity contribution in [3.8, 4) is 0 Å². The standard InChI is InChI=1S/C16H19IN2O2/c17-11-6-8-13(9-7-11)19-15(20)10-14(16(19)21)18-12-4-2-1-3-5-12/h6-9,12,14,18H,1-5,10H2/t14-/m1/s1. The van der Waals surface area contributed by atoms with Crippen molar-refractivity contribution in [2.75, 3.05) is 4.90 Å². The van der Waals surface area contributed by atoms with Crippen molar-refractivity contribution in [3.05, 3.63) is 27.8 Å². The number of rotatable bonds is 3. The lowest BCUT2D eigenvalue weighted by Crippen LogP contribution is -2.44. The van der Waals surface area contributed by atoms with Gasteiger partial charge in [-0.15, -0.1) is 0 Å². The summed E-state index contributed by atoms with van der Waals surface area (Å²) in [7, 11) is 0. The molecule has 0 spiro atoms. The molecule has 0 unspecified atom stereocenters. The SMILES string of the molecule is O=C1C[C@@H](NC2CCCCC2)C(=O)N1c1ccc(I)cc1. The van der Waals surface area contributed by atoms with Crippen LogP contribution in [0.5, 0.6) is 0 Å². The summed E-state index contributed by atoms with van der Waals surface area (Å²) in [6.45, 7) is 0. The minimum Gasteiger partial charge on any atom is -0.303 e. The van der Waals surface area contributed by atoms with E-state index in [9.17, 15) is 9.59 Å². The van der Waals surface area contributed by atoms with E-state index < -0.39 is 0 Å². The molecule has 1 saturated carbocycles. The molecule has 3 rings (SSSR count). The van der Waals surface area contributed by atoms with Gasteiger partial charge >= 0.3 is 0 Å². The average Bonchev–Trinajstić information content (AvgIpc) is 2.76. The maximum absolute atomic E-state index is 12.5. The molecule has 0 aromatic heterocycles. The molecule has 0 bridgehead atoms. The monoisotopic (exact) mass is 398 g/mol. The molecular weight excluding hydrogens is 379 g/mol. The summed E-state index contributed by atoms with van der Waals surface area (Å²) >= 11 is 2.21. The molecule has 1 aromatic carbocycles. The van der Waals surface area contributed by atoms with E-state index in [1.54, 1.807) is 0 Å². The van der Waals surface area contributed by atoms with Crippen molar-refractivity contribution in [3.63, 3.8) is 0 Å². The van der Waals surface area contributed by atoms with Crippen LogP contribution in [-0.2, 0) is 9.59 Å². The number of amides is 2. The Morgan fingerprint density at radius 2 is 1.71 bits per heavy atom. The molecule has 1 aliphatic carbocycles. The molecule has 1 aromatic rings. The summed E-state index contributed by atoms with van der Waals surface area (Å²) < 4.78 is 1.09. The molecule has 112 valence electrons. The Labute approximate surface area is 138 Å². The van der Waals surface area contributed by atoms with Crippen molar-refractivity contribution >= 4 is 40.1 Å².